The second-order valence-corrected chi connectivity index (χ2v) is 8.84. The molecule has 3 rings (SSSR count). The summed E-state index contributed by atoms with van der Waals surface area (Å²) in [6.07, 6.45) is 1.16. The van der Waals surface area contributed by atoms with Gasteiger partial charge in [-0.25, -0.2) is 0 Å². The fourth-order valence-electron chi connectivity index (χ4n) is 4.01. The van der Waals surface area contributed by atoms with Crippen molar-refractivity contribution in [2.75, 3.05) is 20.3 Å². The van der Waals surface area contributed by atoms with E-state index in [4.69, 9.17) is 19.2 Å². The second kappa shape index (κ2) is 10.6. The van der Waals surface area contributed by atoms with Crippen molar-refractivity contribution in [1.82, 2.24) is 0 Å². The molecule has 0 aliphatic heterocycles. The quantitative estimate of drug-likeness (QED) is 0.393. The van der Waals surface area contributed by atoms with E-state index in [0.29, 0.717) is 54.5 Å². The molecular weight excluding hydrogens is 418 g/mol. The van der Waals surface area contributed by atoms with Crippen LogP contribution in [0.5, 0.6) is 17.2 Å². The van der Waals surface area contributed by atoms with Gasteiger partial charge in [0.2, 0.25) is 0 Å². The Morgan fingerprint density at radius 3 is 2.30 bits per heavy atom. The molecular formula is C27H33NO5. The fraction of sp³-hybridized carbons (Fsp3) is 0.407. The summed E-state index contributed by atoms with van der Waals surface area (Å²) in [6, 6.07) is 12.9. The lowest BCUT2D eigenvalue weighted by Crippen LogP contribution is -2.32. The van der Waals surface area contributed by atoms with E-state index in [1.54, 1.807) is 7.11 Å². The van der Waals surface area contributed by atoms with Crippen molar-refractivity contribution in [3.8, 4) is 17.2 Å². The van der Waals surface area contributed by atoms with Gasteiger partial charge in [0.25, 0.3) is 0 Å². The SMILES string of the molecule is CCOc1ccc(C/C(O)=C2/C(=O)CC(C)(C)CC2=Nc2ccc(OC)cc2)cc1OCC. The number of carbonyl (C=O) groups excluding carboxylic acids is 1. The molecule has 0 spiro atoms. The largest absolute Gasteiger partial charge is 0.511 e. The Morgan fingerprint density at radius 2 is 1.67 bits per heavy atom. The van der Waals surface area contributed by atoms with Crippen LogP contribution in [0, 0.1) is 5.41 Å². The number of hydrogen-bond acceptors (Lipinski definition) is 6. The van der Waals surface area contributed by atoms with Crippen molar-refractivity contribution in [1.29, 1.82) is 0 Å². The van der Waals surface area contributed by atoms with E-state index in [1.807, 2.05) is 70.2 Å². The number of aliphatic hydroxyl groups is 1. The van der Waals surface area contributed by atoms with Crippen LogP contribution in [0.4, 0.5) is 5.69 Å². The third kappa shape index (κ3) is 6.15. The lowest BCUT2D eigenvalue weighted by Gasteiger charge is -2.31. The minimum absolute atomic E-state index is 0.0226. The van der Waals surface area contributed by atoms with Crippen LogP contribution in [-0.4, -0.2) is 36.9 Å². The third-order valence-corrected chi connectivity index (χ3v) is 5.46. The normalized spacial score (nSPS) is 18.2. The molecule has 0 heterocycles. The average Bonchev–Trinajstić information content (AvgIpc) is 2.75. The standard InChI is InChI=1S/C27H33NO5/c1-6-32-24-13-8-18(15-25(24)33-7-2)14-22(29)26-21(16-27(3,4)17-23(26)30)28-19-9-11-20(31-5)12-10-19/h8-13,15,29H,6-7,14,16-17H2,1-5H3/b26-22-,28-21?. The van der Waals surface area contributed by atoms with Crippen molar-refractivity contribution in [2.45, 2.75) is 47.0 Å². The molecule has 1 N–H and O–H groups in total. The van der Waals surface area contributed by atoms with Gasteiger partial charge in [-0.05, 0) is 67.6 Å². The molecule has 1 aliphatic carbocycles. The van der Waals surface area contributed by atoms with Gasteiger partial charge >= 0.3 is 0 Å². The molecule has 6 heteroatoms. The first-order chi connectivity index (χ1) is 15.8. The molecule has 0 saturated heterocycles. The first kappa shape index (κ1) is 24.4. The van der Waals surface area contributed by atoms with Crippen LogP contribution < -0.4 is 14.2 Å². The Balaban J connectivity index is 1.98. The summed E-state index contributed by atoms with van der Waals surface area (Å²) in [6.45, 7) is 8.95. The van der Waals surface area contributed by atoms with Gasteiger partial charge in [-0.2, -0.15) is 0 Å². The summed E-state index contributed by atoms with van der Waals surface area (Å²) >= 11 is 0. The lowest BCUT2D eigenvalue weighted by atomic mass is 9.73. The van der Waals surface area contributed by atoms with Crippen LogP contribution >= 0.6 is 0 Å². The molecule has 33 heavy (non-hydrogen) atoms. The molecule has 0 bridgehead atoms. The molecule has 2 aromatic carbocycles. The molecule has 2 aromatic rings. The monoisotopic (exact) mass is 451 g/mol. The zero-order chi connectivity index (χ0) is 24.0. The Morgan fingerprint density at radius 1 is 1.00 bits per heavy atom. The molecule has 0 atom stereocenters. The van der Waals surface area contributed by atoms with Crippen LogP contribution in [0.2, 0.25) is 0 Å². The van der Waals surface area contributed by atoms with Crippen LogP contribution in [0.1, 0.15) is 46.1 Å². The summed E-state index contributed by atoms with van der Waals surface area (Å²) in [4.78, 5) is 17.8. The fourth-order valence-corrected chi connectivity index (χ4v) is 4.01. The molecule has 1 saturated carbocycles. The molecule has 0 aromatic heterocycles. The topological polar surface area (TPSA) is 77.4 Å². The number of aliphatic imine (C=N–C) groups is 1. The van der Waals surface area contributed by atoms with Gasteiger partial charge in [-0.15, -0.1) is 0 Å². The molecule has 1 aliphatic rings. The summed E-state index contributed by atoms with van der Waals surface area (Å²) < 4.78 is 16.5. The average molecular weight is 452 g/mol. The molecule has 1 fully saturated rings. The highest BCUT2D eigenvalue weighted by molar-refractivity contribution is 6.25. The number of Topliss-reactive ketones (excluding diaryl/α,β-unsaturated/α-hetero) is 1. The van der Waals surface area contributed by atoms with Crippen molar-refractivity contribution >= 4 is 17.2 Å². The van der Waals surface area contributed by atoms with Crippen LogP contribution in [0.15, 0.2) is 58.8 Å². The Labute approximate surface area is 195 Å². The Bertz CT molecular complexity index is 1050. The van der Waals surface area contributed by atoms with Gasteiger partial charge in [0, 0.05) is 12.8 Å². The maximum Gasteiger partial charge on any atom is 0.168 e. The van der Waals surface area contributed by atoms with Gasteiger partial charge in [-0.1, -0.05) is 19.9 Å². The molecule has 0 radical (unpaired) electrons. The van der Waals surface area contributed by atoms with E-state index in [-0.39, 0.29) is 23.4 Å². The van der Waals surface area contributed by atoms with Gasteiger partial charge in [0.1, 0.15) is 11.5 Å². The number of benzene rings is 2. The number of allylic oxidation sites excluding steroid dienone is 2. The predicted octanol–water partition coefficient (Wildman–Crippen LogP) is 6.01. The Hall–Kier alpha value is -3.28. The predicted molar refractivity (Wildman–Crippen MR) is 130 cm³/mol. The van der Waals surface area contributed by atoms with E-state index < -0.39 is 0 Å². The van der Waals surface area contributed by atoms with E-state index in [2.05, 4.69) is 0 Å². The smallest absolute Gasteiger partial charge is 0.168 e. The summed E-state index contributed by atoms with van der Waals surface area (Å²) in [5.41, 5.74) is 2.23. The van der Waals surface area contributed by atoms with Gasteiger partial charge in [0.15, 0.2) is 17.3 Å². The molecule has 176 valence electrons. The zero-order valence-corrected chi connectivity index (χ0v) is 20.1. The van der Waals surface area contributed by atoms with E-state index in [9.17, 15) is 9.90 Å². The van der Waals surface area contributed by atoms with Crippen molar-refractivity contribution in [3.05, 3.63) is 59.4 Å². The second-order valence-electron chi connectivity index (χ2n) is 8.84. The summed E-state index contributed by atoms with van der Waals surface area (Å²) in [5, 5.41) is 11.1. The number of ketones is 1. The number of nitrogens with zero attached hydrogens (tertiary/aromatic N) is 1. The number of carbonyl (C=O) groups is 1. The molecule has 6 nitrogen and oxygen atoms in total. The van der Waals surface area contributed by atoms with Crippen molar-refractivity contribution < 1.29 is 24.1 Å². The molecule has 0 unspecified atom stereocenters. The van der Waals surface area contributed by atoms with Gasteiger partial charge in [0.05, 0.1) is 37.3 Å². The van der Waals surface area contributed by atoms with Crippen LogP contribution in [-0.2, 0) is 11.2 Å². The third-order valence-electron chi connectivity index (χ3n) is 5.46. The maximum atomic E-state index is 13.1. The van der Waals surface area contributed by atoms with E-state index in [0.717, 1.165) is 11.3 Å². The van der Waals surface area contributed by atoms with Crippen molar-refractivity contribution in [2.24, 2.45) is 10.4 Å². The highest BCUT2D eigenvalue weighted by atomic mass is 16.5. The van der Waals surface area contributed by atoms with E-state index >= 15 is 0 Å². The number of methoxy groups -OCH3 is 1. The number of rotatable bonds is 8. The highest BCUT2D eigenvalue weighted by Crippen LogP contribution is 2.37. The summed E-state index contributed by atoms with van der Waals surface area (Å²) in [7, 11) is 1.61. The number of hydrogen-bond donors (Lipinski definition) is 1. The van der Waals surface area contributed by atoms with E-state index in [1.165, 1.54) is 0 Å². The first-order valence-corrected chi connectivity index (χ1v) is 11.3. The van der Waals surface area contributed by atoms with Crippen LogP contribution in [0.3, 0.4) is 0 Å². The van der Waals surface area contributed by atoms with Crippen molar-refractivity contribution in [3.63, 3.8) is 0 Å². The molecule has 0 amide bonds. The Kier molecular flexibility index (Phi) is 7.79. The minimum atomic E-state index is -0.229. The lowest BCUT2D eigenvalue weighted by molar-refractivity contribution is -0.117. The minimum Gasteiger partial charge on any atom is -0.511 e. The van der Waals surface area contributed by atoms with Gasteiger partial charge < -0.3 is 19.3 Å². The zero-order valence-electron chi connectivity index (χ0n) is 20.1. The summed E-state index contributed by atoms with van der Waals surface area (Å²) in [5.74, 6) is 1.95. The number of aliphatic hydroxyl groups excluding tert-OH is 1. The first-order valence-electron chi connectivity index (χ1n) is 11.3. The number of ether oxygens (including phenoxy) is 3. The highest BCUT2D eigenvalue weighted by Gasteiger charge is 2.36. The van der Waals surface area contributed by atoms with Crippen LogP contribution in [0.25, 0.3) is 0 Å². The maximum absolute atomic E-state index is 13.1. The van der Waals surface area contributed by atoms with Gasteiger partial charge in [-0.3, -0.25) is 9.79 Å².